The van der Waals surface area contributed by atoms with Crippen molar-refractivity contribution in [1.82, 2.24) is 4.98 Å². The molecule has 21 heavy (non-hydrogen) atoms. The number of aryl methyl sites for hydroxylation is 1. The molecule has 0 saturated heterocycles. The molecule has 0 radical (unpaired) electrons. The zero-order chi connectivity index (χ0) is 15.2. The fourth-order valence-electron chi connectivity index (χ4n) is 1.64. The third-order valence-electron chi connectivity index (χ3n) is 2.65. The second kappa shape index (κ2) is 7.68. The van der Waals surface area contributed by atoms with E-state index in [1.54, 1.807) is 41.3 Å². The summed E-state index contributed by atoms with van der Waals surface area (Å²) in [5.41, 5.74) is 7.87. The summed E-state index contributed by atoms with van der Waals surface area (Å²) in [5, 5.41) is 5.33. The molecule has 0 bridgehead atoms. The molecule has 0 fully saturated rings. The Balaban J connectivity index is 1.71. The number of nitrogens with one attached hydrogen (secondary N) is 1. The molecule has 2 rings (SSSR count). The normalized spacial score (nSPS) is 10.6. The lowest BCUT2D eigenvalue weighted by atomic mass is 10.2. The summed E-state index contributed by atoms with van der Waals surface area (Å²) in [5.74, 6) is 0.857. The van der Waals surface area contributed by atoms with Crippen LogP contribution in [0, 0.1) is 6.92 Å². The van der Waals surface area contributed by atoms with E-state index in [4.69, 9.17) is 17.3 Å². The molecule has 0 aliphatic carbocycles. The largest absolute Gasteiger partial charge is 0.397 e. The van der Waals surface area contributed by atoms with E-state index in [1.807, 2.05) is 12.3 Å². The lowest BCUT2D eigenvalue weighted by Gasteiger charge is -2.06. The first kappa shape index (κ1) is 16.1. The van der Waals surface area contributed by atoms with Gasteiger partial charge in [-0.05, 0) is 31.5 Å². The number of hydrogen-bond donors (Lipinski definition) is 2. The average Bonchev–Trinajstić information content (AvgIpc) is 2.85. The van der Waals surface area contributed by atoms with Crippen molar-refractivity contribution in [3.8, 4) is 0 Å². The summed E-state index contributed by atoms with van der Waals surface area (Å²) >= 11 is 9.16. The fraction of sp³-hybridized carbons (Fsp3) is 0.286. The van der Waals surface area contributed by atoms with Gasteiger partial charge in [-0.15, -0.1) is 11.3 Å². The Labute approximate surface area is 137 Å². The lowest BCUT2D eigenvalue weighted by molar-refractivity contribution is -0.116. The number of amides is 1. The Bertz CT molecular complexity index is 630. The van der Waals surface area contributed by atoms with Crippen molar-refractivity contribution in [3.05, 3.63) is 34.3 Å². The van der Waals surface area contributed by atoms with Crippen LogP contribution in [0.5, 0.6) is 0 Å². The molecule has 1 amide bonds. The zero-order valence-electron chi connectivity index (χ0n) is 11.6. The van der Waals surface area contributed by atoms with Gasteiger partial charge in [0.05, 0.1) is 10.7 Å². The number of thiazole rings is 1. The predicted octanol–water partition coefficient (Wildman–Crippen LogP) is 4.20. The molecule has 0 spiro atoms. The summed E-state index contributed by atoms with van der Waals surface area (Å²) in [7, 11) is 0. The van der Waals surface area contributed by atoms with Gasteiger partial charge in [0.15, 0.2) is 0 Å². The molecule has 3 N–H and O–H groups in total. The molecular formula is C14H16ClN3OS2. The van der Waals surface area contributed by atoms with Crippen molar-refractivity contribution >= 4 is 52.0 Å². The predicted molar refractivity (Wildman–Crippen MR) is 91.3 cm³/mol. The maximum Gasteiger partial charge on any atom is 0.224 e. The highest BCUT2D eigenvalue weighted by Gasteiger charge is 2.05. The maximum absolute atomic E-state index is 11.8. The highest BCUT2D eigenvalue weighted by molar-refractivity contribution is 8.01. The first-order valence-electron chi connectivity index (χ1n) is 6.44. The number of nitrogens with two attached hydrogens (primary N) is 1. The number of aromatic nitrogens is 1. The van der Waals surface area contributed by atoms with E-state index >= 15 is 0 Å². The van der Waals surface area contributed by atoms with Crippen LogP contribution in [-0.2, 0) is 4.79 Å². The summed E-state index contributed by atoms with van der Waals surface area (Å²) in [6.45, 7) is 1.98. The second-order valence-corrected chi connectivity index (χ2v) is 7.10. The van der Waals surface area contributed by atoms with Crippen molar-refractivity contribution in [2.75, 3.05) is 16.8 Å². The molecular weight excluding hydrogens is 326 g/mol. The monoisotopic (exact) mass is 341 g/mol. The summed E-state index contributed by atoms with van der Waals surface area (Å²) < 4.78 is 1.05. The van der Waals surface area contributed by atoms with Gasteiger partial charge in [0.1, 0.15) is 4.34 Å². The van der Waals surface area contributed by atoms with Crippen molar-refractivity contribution < 1.29 is 4.79 Å². The van der Waals surface area contributed by atoms with Crippen LogP contribution in [0.25, 0.3) is 0 Å². The van der Waals surface area contributed by atoms with E-state index < -0.39 is 0 Å². The number of halogens is 1. The minimum absolute atomic E-state index is 0.0207. The molecule has 0 aliphatic heterocycles. The SMILES string of the molecule is Cc1csc(SCCCC(=O)Nc2ccc(Cl)c(N)c2)n1. The van der Waals surface area contributed by atoms with E-state index in [2.05, 4.69) is 10.3 Å². The van der Waals surface area contributed by atoms with Gasteiger partial charge < -0.3 is 11.1 Å². The summed E-state index contributed by atoms with van der Waals surface area (Å²) in [4.78, 5) is 16.2. The van der Waals surface area contributed by atoms with Crippen LogP contribution in [0.2, 0.25) is 5.02 Å². The number of carbonyl (C=O) groups excluding carboxylic acids is 1. The summed E-state index contributed by atoms with van der Waals surface area (Å²) in [6.07, 6.45) is 1.28. The highest BCUT2D eigenvalue weighted by Crippen LogP contribution is 2.24. The van der Waals surface area contributed by atoms with Gasteiger partial charge in [0, 0.05) is 28.9 Å². The van der Waals surface area contributed by atoms with Crippen LogP contribution in [-0.4, -0.2) is 16.6 Å². The van der Waals surface area contributed by atoms with Crippen molar-refractivity contribution in [2.24, 2.45) is 0 Å². The minimum atomic E-state index is -0.0207. The van der Waals surface area contributed by atoms with Gasteiger partial charge in [-0.3, -0.25) is 4.79 Å². The van der Waals surface area contributed by atoms with E-state index in [0.717, 1.165) is 22.2 Å². The van der Waals surface area contributed by atoms with Gasteiger partial charge in [-0.25, -0.2) is 4.98 Å². The molecule has 1 aromatic carbocycles. The fourth-order valence-corrected chi connectivity index (χ4v) is 3.61. The molecule has 2 aromatic rings. The molecule has 0 saturated carbocycles. The number of anilines is 2. The summed E-state index contributed by atoms with van der Waals surface area (Å²) in [6, 6.07) is 5.07. The Hall–Kier alpha value is -1.24. The number of carbonyl (C=O) groups is 1. The van der Waals surface area contributed by atoms with Crippen LogP contribution in [0.3, 0.4) is 0 Å². The number of benzene rings is 1. The van der Waals surface area contributed by atoms with Gasteiger partial charge in [-0.2, -0.15) is 0 Å². The number of nitrogen functional groups attached to an aromatic ring is 1. The Kier molecular flexibility index (Phi) is 5.90. The second-order valence-electron chi connectivity index (χ2n) is 4.49. The van der Waals surface area contributed by atoms with Crippen molar-refractivity contribution in [1.29, 1.82) is 0 Å². The van der Waals surface area contributed by atoms with Crippen LogP contribution in [0.1, 0.15) is 18.5 Å². The number of hydrogen-bond acceptors (Lipinski definition) is 5. The highest BCUT2D eigenvalue weighted by atomic mass is 35.5. The molecule has 1 heterocycles. The smallest absolute Gasteiger partial charge is 0.224 e. The Morgan fingerprint density at radius 3 is 3.00 bits per heavy atom. The first-order valence-corrected chi connectivity index (χ1v) is 8.69. The van der Waals surface area contributed by atoms with Crippen LogP contribution in [0.4, 0.5) is 11.4 Å². The molecule has 112 valence electrons. The standard InChI is InChI=1S/C14H16ClN3OS2/c1-9-8-21-14(17-9)20-6-2-3-13(19)18-10-4-5-11(15)12(16)7-10/h4-5,7-8H,2-3,6,16H2,1H3,(H,18,19). The Morgan fingerprint density at radius 1 is 1.52 bits per heavy atom. The molecule has 1 aromatic heterocycles. The number of thioether (sulfide) groups is 1. The molecule has 0 aliphatic rings. The lowest BCUT2D eigenvalue weighted by Crippen LogP contribution is -2.11. The number of rotatable bonds is 6. The minimum Gasteiger partial charge on any atom is -0.397 e. The molecule has 0 unspecified atom stereocenters. The Morgan fingerprint density at radius 2 is 2.33 bits per heavy atom. The van der Waals surface area contributed by atoms with E-state index in [0.29, 0.717) is 22.8 Å². The molecule has 7 heteroatoms. The van der Waals surface area contributed by atoms with Crippen molar-refractivity contribution in [3.63, 3.8) is 0 Å². The average molecular weight is 342 g/mol. The number of nitrogens with zero attached hydrogens (tertiary/aromatic N) is 1. The van der Waals surface area contributed by atoms with Gasteiger partial charge in [0.25, 0.3) is 0 Å². The van der Waals surface area contributed by atoms with Crippen LogP contribution in [0.15, 0.2) is 27.9 Å². The van der Waals surface area contributed by atoms with Crippen LogP contribution < -0.4 is 11.1 Å². The topological polar surface area (TPSA) is 68.0 Å². The van der Waals surface area contributed by atoms with E-state index in [9.17, 15) is 4.79 Å². The molecule has 4 nitrogen and oxygen atoms in total. The quantitative estimate of drug-likeness (QED) is 0.469. The van der Waals surface area contributed by atoms with Crippen LogP contribution >= 0.6 is 34.7 Å². The van der Waals surface area contributed by atoms with E-state index in [-0.39, 0.29) is 5.91 Å². The zero-order valence-corrected chi connectivity index (χ0v) is 13.9. The van der Waals surface area contributed by atoms with Gasteiger partial charge in [0.2, 0.25) is 5.91 Å². The third kappa shape index (κ3) is 5.22. The van der Waals surface area contributed by atoms with Crippen molar-refractivity contribution in [2.45, 2.75) is 24.1 Å². The van der Waals surface area contributed by atoms with E-state index in [1.165, 1.54) is 0 Å². The van der Waals surface area contributed by atoms with Gasteiger partial charge >= 0.3 is 0 Å². The maximum atomic E-state index is 11.8. The third-order valence-corrected chi connectivity index (χ3v) is 5.22. The first-order chi connectivity index (χ1) is 10.0. The molecule has 0 atom stereocenters. The van der Waals surface area contributed by atoms with Gasteiger partial charge in [-0.1, -0.05) is 23.4 Å².